The molecule has 0 saturated heterocycles. The molecule has 0 saturated carbocycles. The van der Waals surface area contributed by atoms with Crippen LogP contribution in [-0.2, 0) is 25.7 Å². The fourth-order valence-electron chi connectivity index (χ4n) is 5.35. The highest BCUT2D eigenvalue weighted by molar-refractivity contribution is 14.1. The van der Waals surface area contributed by atoms with Crippen LogP contribution in [0.1, 0.15) is 50.4 Å². The van der Waals surface area contributed by atoms with E-state index in [2.05, 4.69) is 50.2 Å². The molecule has 0 aliphatic carbocycles. The number of benzene rings is 3. The van der Waals surface area contributed by atoms with Gasteiger partial charge in [0.1, 0.15) is 6.61 Å². The molecule has 1 aliphatic heterocycles. The van der Waals surface area contributed by atoms with Crippen molar-refractivity contribution < 1.29 is 38.0 Å². The number of halogens is 2. The standard InChI is InChI=1S/C37H36I2N2O9S/c1-6-46-28-18-24(11-14-27(28)49-20-31(42)45-5)33-32(36(44)48-8-3)21(4)40-37-41(33)35(43)30(51-37)17-23-15-26(39)34(29(16-23)47-7-2)50-19-22-9-12-25(38)13-10-22/h9-18,33H,6-8,19-20H2,1-5H3/b30-17-/t33-/m0/s1. The molecule has 2 heterocycles. The molecule has 11 nitrogen and oxygen atoms in total. The Morgan fingerprint density at radius 3 is 2.31 bits per heavy atom. The smallest absolute Gasteiger partial charge is 0.343 e. The highest BCUT2D eigenvalue weighted by Gasteiger charge is 2.34. The zero-order chi connectivity index (χ0) is 36.7. The van der Waals surface area contributed by atoms with E-state index in [0.29, 0.717) is 63.4 Å². The summed E-state index contributed by atoms with van der Waals surface area (Å²) >= 11 is 5.69. The third-order valence-corrected chi connectivity index (χ3v) is 10.1. The van der Waals surface area contributed by atoms with Gasteiger partial charge in [0.2, 0.25) is 0 Å². The molecule has 4 aromatic rings. The van der Waals surface area contributed by atoms with Crippen LogP contribution in [0.4, 0.5) is 0 Å². The number of carbonyl (C=O) groups is 2. The number of fused-ring (bicyclic) bond motifs is 1. The fourth-order valence-corrected chi connectivity index (χ4v) is 7.53. The number of rotatable bonds is 14. The molecule has 0 fully saturated rings. The van der Waals surface area contributed by atoms with Crippen LogP contribution in [0.15, 0.2) is 75.7 Å². The van der Waals surface area contributed by atoms with Crippen LogP contribution in [0.25, 0.3) is 6.08 Å². The zero-order valence-corrected chi connectivity index (χ0v) is 33.8. The Balaban J connectivity index is 1.59. The van der Waals surface area contributed by atoms with Gasteiger partial charge in [-0.05, 0) is 132 Å². The zero-order valence-electron chi connectivity index (χ0n) is 28.6. The molecular formula is C37H36I2N2O9S. The summed E-state index contributed by atoms with van der Waals surface area (Å²) in [6.07, 6.45) is 1.78. The summed E-state index contributed by atoms with van der Waals surface area (Å²) in [5.41, 5.74) is 2.65. The number of esters is 2. The van der Waals surface area contributed by atoms with Crippen molar-refractivity contribution in [2.75, 3.05) is 33.5 Å². The van der Waals surface area contributed by atoms with Gasteiger partial charge in [0.25, 0.3) is 5.56 Å². The van der Waals surface area contributed by atoms with Crippen molar-refractivity contribution in [3.8, 4) is 23.0 Å². The van der Waals surface area contributed by atoms with E-state index in [9.17, 15) is 14.4 Å². The summed E-state index contributed by atoms with van der Waals surface area (Å²) in [6, 6.07) is 16.1. The minimum Gasteiger partial charge on any atom is -0.490 e. The predicted octanol–water partition coefficient (Wildman–Crippen LogP) is 5.94. The average Bonchev–Trinajstić information content (AvgIpc) is 3.41. The van der Waals surface area contributed by atoms with Crippen molar-refractivity contribution in [3.05, 3.63) is 109 Å². The second kappa shape index (κ2) is 17.5. The topological polar surface area (TPSA) is 124 Å². The van der Waals surface area contributed by atoms with Crippen molar-refractivity contribution in [3.63, 3.8) is 0 Å². The lowest BCUT2D eigenvalue weighted by molar-refractivity contribution is -0.143. The van der Waals surface area contributed by atoms with Crippen LogP contribution in [0, 0.1) is 7.14 Å². The van der Waals surface area contributed by atoms with E-state index in [0.717, 1.165) is 18.3 Å². The summed E-state index contributed by atoms with van der Waals surface area (Å²) < 4.78 is 37.7. The van der Waals surface area contributed by atoms with Crippen molar-refractivity contribution in [2.45, 2.75) is 40.3 Å². The third-order valence-electron chi connectivity index (χ3n) is 7.60. The number of hydrogen-bond acceptors (Lipinski definition) is 11. The van der Waals surface area contributed by atoms with E-state index < -0.39 is 18.0 Å². The first-order chi connectivity index (χ1) is 24.6. The molecule has 0 bridgehead atoms. The molecule has 0 N–H and O–H groups in total. The van der Waals surface area contributed by atoms with Gasteiger partial charge in [-0.3, -0.25) is 9.36 Å². The highest BCUT2D eigenvalue weighted by atomic mass is 127. The molecule has 1 aromatic heterocycles. The quantitative estimate of drug-likeness (QED) is 0.112. The van der Waals surface area contributed by atoms with Gasteiger partial charge < -0.3 is 28.4 Å². The Morgan fingerprint density at radius 1 is 0.902 bits per heavy atom. The first-order valence-corrected chi connectivity index (χ1v) is 19.0. The molecule has 5 rings (SSSR count). The molecule has 3 aromatic carbocycles. The molecule has 1 aliphatic rings. The van der Waals surface area contributed by atoms with Crippen molar-refractivity contribution in [1.29, 1.82) is 0 Å². The average molecular weight is 939 g/mol. The Morgan fingerprint density at radius 2 is 1.63 bits per heavy atom. The number of hydrogen-bond donors (Lipinski definition) is 0. The highest BCUT2D eigenvalue weighted by Crippen LogP contribution is 2.37. The van der Waals surface area contributed by atoms with E-state index in [1.165, 1.54) is 23.0 Å². The number of carbonyl (C=O) groups excluding carboxylic acids is 2. The van der Waals surface area contributed by atoms with Gasteiger partial charge in [0, 0.05) is 3.57 Å². The summed E-state index contributed by atoms with van der Waals surface area (Å²) in [5, 5.41) is 0. The van der Waals surface area contributed by atoms with E-state index in [1.54, 1.807) is 38.1 Å². The number of nitrogens with zero attached hydrogens (tertiary/aromatic N) is 2. The monoisotopic (exact) mass is 938 g/mol. The molecule has 1 atom stereocenters. The van der Waals surface area contributed by atoms with E-state index in [4.69, 9.17) is 28.4 Å². The number of methoxy groups -OCH3 is 1. The van der Waals surface area contributed by atoms with Crippen molar-refractivity contribution >= 4 is 74.5 Å². The molecule has 0 spiro atoms. The Kier molecular flexibility index (Phi) is 13.2. The summed E-state index contributed by atoms with van der Waals surface area (Å²) in [7, 11) is 1.27. The van der Waals surface area contributed by atoms with Crippen LogP contribution < -0.4 is 33.8 Å². The van der Waals surface area contributed by atoms with Gasteiger partial charge in [-0.25, -0.2) is 14.6 Å². The van der Waals surface area contributed by atoms with E-state index in [1.807, 2.05) is 50.2 Å². The van der Waals surface area contributed by atoms with Gasteiger partial charge in [-0.1, -0.05) is 29.5 Å². The maximum atomic E-state index is 14.3. The molecule has 268 valence electrons. The lowest BCUT2D eigenvalue weighted by Crippen LogP contribution is -2.40. The van der Waals surface area contributed by atoms with Crippen molar-refractivity contribution in [2.24, 2.45) is 4.99 Å². The molecule has 51 heavy (non-hydrogen) atoms. The lowest BCUT2D eigenvalue weighted by Gasteiger charge is -2.25. The maximum absolute atomic E-state index is 14.3. The number of ether oxygens (including phenoxy) is 6. The number of allylic oxidation sites excluding steroid dienone is 1. The largest absolute Gasteiger partial charge is 0.490 e. The second-order valence-corrected chi connectivity index (χ2v) is 14.4. The van der Waals surface area contributed by atoms with Gasteiger partial charge in [-0.2, -0.15) is 0 Å². The number of thiazole rings is 1. The Labute approximate surface area is 326 Å². The second-order valence-electron chi connectivity index (χ2n) is 11.0. The normalized spacial score (nSPS) is 14.0. The van der Waals surface area contributed by atoms with Gasteiger partial charge in [0.15, 0.2) is 34.4 Å². The first kappa shape index (κ1) is 38.3. The molecule has 0 unspecified atom stereocenters. The molecular weight excluding hydrogens is 902 g/mol. The van der Waals surface area contributed by atoms with Gasteiger partial charge in [0.05, 0.1) is 52.3 Å². The van der Waals surface area contributed by atoms with Crippen LogP contribution in [0.5, 0.6) is 23.0 Å². The van der Waals surface area contributed by atoms with Crippen LogP contribution in [0.2, 0.25) is 0 Å². The third kappa shape index (κ3) is 8.95. The fraction of sp³-hybridized carbons (Fsp3) is 0.297. The predicted molar refractivity (Wildman–Crippen MR) is 209 cm³/mol. The summed E-state index contributed by atoms with van der Waals surface area (Å²) in [4.78, 5) is 44.6. The first-order valence-electron chi connectivity index (χ1n) is 16.1. The lowest BCUT2D eigenvalue weighted by atomic mass is 9.95. The minimum absolute atomic E-state index is 0.141. The molecule has 0 amide bonds. The van der Waals surface area contributed by atoms with Gasteiger partial charge in [-0.15, -0.1) is 0 Å². The van der Waals surface area contributed by atoms with Crippen molar-refractivity contribution in [1.82, 2.24) is 4.57 Å². The van der Waals surface area contributed by atoms with Gasteiger partial charge >= 0.3 is 11.9 Å². The Bertz CT molecular complexity index is 2140. The van der Waals surface area contributed by atoms with Crippen LogP contribution >= 0.6 is 56.5 Å². The van der Waals surface area contributed by atoms with Crippen LogP contribution in [0.3, 0.4) is 0 Å². The van der Waals surface area contributed by atoms with E-state index >= 15 is 0 Å². The maximum Gasteiger partial charge on any atom is 0.343 e. The SMILES string of the molecule is CCOC(=O)C1=C(C)N=c2s/c(=C\c3cc(I)c(OCc4ccc(I)cc4)c(OCC)c3)c(=O)n2[C@H]1c1ccc(OCC(=O)OC)c(OCC)c1. The molecule has 0 radical (unpaired) electrons. The van der Waals surface area contributed by atoms with Crippen LogP contribution in [-0.4, -0.2) is 50.0 Å². The molecule has 14 heteroatoms. The Hall–Kier alpha value is -3.90. The summed E-state index contributed by atoms with van der Waals surface area (Å²) in [5.74, 6) is 0.685. The summed E-state index contributed by atoms with van der Waals surface area (Å²) in [6.45, 7) is 8.08. The minimum atomic E-state index is -0.882. The van der Waals surface area contributed by atoms with E-state index in [-0.39, 0.29) is 24.3 Å². The number of aromatic nitrogens is 1.